The first kappa shape index (κ1) is 15.4. The van der Waals surface area contributed by atoms with Crippen molar-refractivity contribution in [3.8, 4) is 5.75 Å². The van der Waals surface area contributed by atoms with Gasteiger partial charge in [-0.15, -0.1) is 0 Å². The van der Waals surface area contributed by atoms with Gasteiger partial charge < -0.3 is 15.2 Å². The number of hydrogen-bond acceptors (Lipinski definition) is 3. The highest BCUT2D eigenvalue weighted by Gasteiger charge is 2.18. The Morgan fingerprint density at radius 3 is 2.74 bits per heavy atom. The van der Waals surface area contributed by atoms with Crippen molar-refractivity contribution in [2.75, 3.05) is 13.7 Å². The van der Waals surface area contributed by atoms with E-state index in [0.717, 1.165) is 0 Å². The zero-order valence-electron chi connectivity index (χ0n) is 11.4. The Morgan fingerprint density at radius 1 is 1.47 bits per heavy atom. The minimum Gasteiger partial charge on any atom is -0.496 e. The zero-order chi connectivity index (χ0) is 14.4. The number of halogens is 1. The standard InChI is InChI=1S/C14H20FNO3/c1-9(2)7-10(17)8-16-14(18)13-11(15)5-4-6-12(13)19-3/h4-6,9-10,17H,7-8H2,1-3H3,(H,16,18). The Balaban J connectivity index is 2.68. The van der Waals surface area contributed by atoms with Crippen LogP contribution in [0.2, 0.25) is 0 Å². The molecule has 0 aliphatic carbocycles. The first-order chi connectivity index (χ1) is 8.95. The molecular formula is C14H20FNO3. The second-order valence-corrected chi connectivity index (χ2v) is 4.81. The third kappa shape index (κ3) is 4.52. The van der Waals surface area contributed by atoms with Crippen LogP contribution in [-0.4, -0.2) is 30.8 Å². The second kappa shape index (κ2) is 7.09. The summed E-state index contributed by atoms with van der Waals surface area (Å²) in [6.07, 6.45) is -0.0592. The molecule has 4 nitrogen and oxygen atoms in total. The van der Waals surface area contributed by atoms with E-state index >= 15 is 0 Å². The van der Waals surface area contributed by atoms with Gasteiger partial charge in [-0.2, -0.15) is 0 Å². The normalized spacial score (nSPS) is 12.3. The predicted molar refractivity (Wildman–Crippen MR) is 70.7 cm³/mol. The average Bonchev–Trinajstić information content (AvgIpc) is 2.34. The van der Waals surface area contributed by atoms with Gasteiger partial charge in [-0.25, -0.2) is 4.39 Å². The summed E-state index contributed by atoms with van der Waals surface area (Å²) in [5.41, 5.74) is -0.137. The summed E-state index contributed by atoms with van der Waals surface area (Å²) in [4.78, 5) is 11.9. The van der Waals surface area contributed by atoms with Crippen LogP contribution in [0.5, 0.6) is 5.75 Å². The maximum Gasteiger partial charge on any atom is 0.258 e. The molecule has 0 spiro atoms. The summed E-state index contributed by atoms with van der Waals surface area (Å²) in [5.74, 6) is -0.723. The van der Waals surface area contributed by atoms with Gasteiger partial charge in [-0.05, 0) is 24.5 Å². The first-order valence-electron chi connectivity index (χ1n) is 6.24. The molecule has 106 valence electrons. The second-order valence-electron chi connectivity index (χ2n) is 4.81. The number of amides is 1. The van der Waals surface area contributed by atoms with Gasteiger partial charge in [-0.1, -0.05) is 19.9 Å². The van der Waals surface area contributed by atoms with Crippen LogP contribution in [0.25, 0.3) is 0 Å². The van der Waals surface area contributed by atoms with Crippen LogP contribution < -0.4 is 10.1 Å². The minimum atomic E-state index is -0.643. The summed E-state index contributed by atoms with van der Waals surface area (Å²) >= 11 is 0. The van der Waals surface area contributed by atoms with Crippen molar-refractivity contribution in [3.05, 3.63) is 29.6 Å². The Hall–Kier alpha value is -1.62. The lowest BCUT2D eigenvalue weighted by molar-refractivity contribution is 0.0893. The third-order valence-corrected chi connectivity index (χ3v) is 2.66. The van der Waals surface area contributed by atoms with E-state index in [9.17, 15) is 14.3 Å². The van der Waals surface area contributed by atoms with Crippen molar-refractivity contribution in [3.63, 3.8) is 0 Å². The number of aliphatic hydroxyl groups excluding tert-OH is 1. The maximum atomic E-state index is 13.6. The van der Waals surface area contributed by atoms with Crippen molar-refractivity contribution in [1.82, 2.24) is 5.32 Å². The molecule has 2 N–H and O–H groups in total. The van der Waals surface area contributed by atoms with Crippen LogP contribution in [0.1, 0.15) is 30.6 Å². The number of nitrogens with one attached hydrogen (secondary N) is 1. The number of carbonyl (C=O) groups excluding carboxylic acids is 1. The molecular weight excluding hydrogens is 249 g/mol. The third-order valence-electron chi connectivity index (χ3n) is 2.66. The van der Waals surface area contributed by atoms with Crippen LogP contribution in [0.4, 0.5) is 4.39 Å². The monoisotopic (exact) mass is 269 g/mol. The fraction of sp³-hybridized carbons (Fsp3) is 0.500. The quantitative estimate of drug-likeness (QED) is 0.830. The van der Waals surface area contributed by atoms with Crippen LogP contribution in [0.15, 0.2) is 18.2 Å². The minimum absolute atomic E-state index is 0.0918. The molecule has 1 amide bonds. The number of rotatable bonds is 6. The first-order valence-corrected chi connectivity index (χ1v) is 6.24. The molecule has 0 heterocycles. The molecule has 1 rings (SSSR count). The van der Waals surface area contributed by atoms with Gasteiger partial charge in [0.05, 0.1) is 13.2 Å². The Bertz CT molecular complexity index is 435. The van der Waals surface area contributed by atoms with Gasteiger partial charge in [0.15, 0.2) is 0 Å². The van der Waals surface area contributed by atoms with Gasteiger partial charge in [0.25, 0.3) is 5.91 Å². The van der Waals surface area contributed by atoms with Crippen LogP contribution in [0.3, 0.4) is 0 Å². The lowest BCUT2D eigenvalue weighted by Gasteiger charge is -2.15. The molecule has 0 radical (unpaired) electrons. The number of benzene rings is 1. The summed E-state index contributed by atoms with van der Waals surface area (Å²) in [6.45, 7) is 4.05. The van der Waals surface area contributed by atoms with E-state index in [1.165, 1.54) is 25.3 Å². The molecule has 0 saturated heterocycles. The largest absolute Gasteiger partial charge is 0.496 e. The molecule has 5 heteroatoms. The predicted octanol–water partition coefficient (Wildman–Crippen LogP) is 1.97. The summed E-state index contributed by atoms with van der Waals surface area (Å²) in [6, 6.07) is 4.18. The van der Waals surface area contributed by atoms with E-state index < -0.39 is 17.8 Å². The van der Waals surface area contributed by atoms with Crippen molar-refractivity contribution in [1.29, 1.82) is 0 Å². The molecule has 1 aromatic rings. The van der Waals surface area contributed by atoms with Gasteiger partial charge >= 0.3 is 0 Å². The van der Waals surface area contributed by atoms with E-state index in [1.54, 1.807) is 0 Å². The number of aliphatic hydroxyl groups is 1. The van der Waals surface area contributed by atoms with Crippen molar-refractivity contribution in [2.24, 2.45) is 5.92 Å². The number of methoxy groups -OCH3 is 1. The van der Waals surface area contributed by atoms with E-state index in [4.69, 9.17) is 4.74 Å². The summed E-state index contributed by atoms with van der Waals surface area (Å²) in [5, 5.41) is 12.2. The van der Waals surface area contributed by atoms with Crippen molar-refractivity contribution < 1.29 is 19.0 Å². The van der Waals surface area contributed by atoms with Crippen LogP contribution in [0, 0.1) is 11.7 Å². The molecule has 0 aliphatic heterocycles. The fourth-order valence-electron chi connectivity index (χ4n) is 1.82. The molecule has 1 unspecified atom stereocenters. The highest BCUT2D eigenvalue weighted by Crippen LogP contribution is 2.20. The van der Waals surface area contributed by atoms with E-state index in [1.807, 2.05) is 13.8 Å². The summed E-state index contributed by atoms with van der Waals surface area (Å²) in [7, 11) is 1.37. The highest BCUT2D eigenvalue weighted by molar-refractivity contribution is 5.97. The molecule has 0 aliphatic rings. The highest BCUT2D eigenvalue weighted by atomic mass is 19.1. The fourth-order valence-corrected chi connectivity index (χ4v) is 1.82. The molecule has 1 atom stereocenters. The SMILES string of the molecule is COc1cccc(F)c1C(=O)NCC(O)CC(C)C. The Kier molecular flexibility index (Phi) is 5.76. The van der Waals surface area contributed by atoms with Gasteiger partial charge in [-0.3, -0.25) is 4.79 Å². The number of carbonyl (C=O) groups is 1. The molecule has 19 heavy (non-hydrogen) atoms. The van der Waals surface area contributed by atoms with Crippen molar-refractivity contribution >= 4 is 5.91 Å². The lowest BCUT2D eigenvalue weighted by Crippen LogP contribution is -2.33. The molecule has 1 aromatic carbocycles. The molecule has 0 bridgehead atoms. The average molecular weight is 269 g/mol. The summed E-state index contributed by atoms with van der Waals surface area (Å²) < 4.78 is 18.6. The zero-order valence-corrected chi connectivity index (χ0v) is 11.4. The van der Waals surface area contributed by atoms with E-state index in [0.29, 0.717) is 12.3 Å². The molecule has 0 saturated carbocycles. The topological polar surface area (TPSA) is 58.6 Å². The van der Waals surface area contributed by atoms with Crippen molar-refractivity contribution in [2.45, 2.75) is 26.4 Å². The van der Waals surface area contributed by atoms with Gasteiger partial charge in [0.1, 0.15) is 17.1 Å². The molecule has 0 aromatic heterocycles. The lowest BCUT2D eigenvalue weighted by atomic mass is 10.1. The van der Waals surface area contributed by atoms with Gasteiger partial charge in [0.2, 0.25) is 0 Å². The Labute approximate surface area is 112 Å². The Morgan fingerprint density at radius 2 is 2.16 bits per heavy atom. The smallest absolute Gasteiger partial charge is 0.258 e. The van der Waals surface area contributed by atoms with Crippen LogP contribution >= 0.6 is 0 Å². The molecule has 0 fully saturated rings. The van der Waals surface area contributed by atoms with Gasteiger partial charge in [0, 0.05) is 6.54 Å². The number of ether oxygens (including phenoxy) is 1. The number of hydrogen-bond donors (Lipinski definition) is 2. The van der Waals surface area contributed by atoms with E-state index in [2.05, 4.69) is 5.32 Å². The van der Waals surface area contributed by atoms with E-state index in [-0.39, 0.29) is 17.9 Å². The van der Waals surface area contributed by atoms with Crippen LogP contribution in [-0.2, 0) is 0 Å². The maximum absolute atomic E-state index is 13.6.